The molecule has 1 amide bonds. The molecule has 0 aliphatic carbocycles. The summed E-state index contributed by atoms with van der Waals surface area (Å²) < 4.78 is 0. The van der Waals surface area contributed by atoms with Crippen LogP contribution in [0.4, 0.5) is 5.69 Å². The van der Waals surface area contributed by atoms with Crippen LogP contribution in [0.3, 0.4) is 0 Å². The number of aromatic carboxylic acids is 1. The van der Waals surface area contributed by atoms with Gasteiger partial charge in [0.1, 0.15) is 5.69 Å². The van der Waals surface area contributed by atoms with E-state index in [0.29, 0.717) is 10.7 Å². The van der Waals surface area contributed by atoms with E-state index in [1.165, 1.54) is 12.1 Å². The van der Waals surface area contributed by atoms with Crippen LogP contribution in [-0.4, -0.2) is 22.0 Å². The normalized spacial score (nSPS) is 10.2. The Bertz CT molecular complexity index is 729. The fraction of sp³-hybridized carbons (Fsp3) is 0.133. The van der Waals surface area contributed by atoms with E-state index in [0.717, 1.165) is 5.56 Å². The molecule has 6 heteroatoms. The van der Waals surface area contributed by atoms with E-state index in [-0.39, 0.29) is 17.0 Å². The number of carbonyl (C=O) groups is 2. The number of carboxylic acid groups (broad SMARTS) is 1. The number of nitrogens with zero attached hydrogens (tertiary/aromatic N) is 1. The molecule has 0 aliphatic rings. The summed E-state index contributed by atoms with van der Waals surface area (Å²) in [5, 5.41) is 12.0. The van der Waals surface area contributed by atoms with Crippen LogP contribution in [0.25, 0.3) is 0 Å². The molecule has 2 rings (SSSR count). The third kappa shape index (κ3) is 3.38. The number of pyridine rings is 1. The first-order valence-electron chi connectivity index (χ1n) is 6.17. The van der Waals surface area contributed by atoms with Gasteiger partial charge in [-0.3, -0.25) is 4.79 Å². The highest BCUT2D eigenvalue weighted by atomic mass is 35.5. The molecule has 1 aromatic carbocycles. The molecule has 0 spiro atoms. The number of rotatable bonds is 3. The molecule has 2 N–H and O–H groups in total. The summed E-state index contributed by atoms with van der Waals surface area (Å²) in [5.41, 5.74) is 1.93. The van der Waals surface area contributed by atoms with Gasteiger partial charge in [-0.1, -0.05) is 17.7 Å². The Morgan fingerprint density at radius 3 is 2.52 bits per heavy atom. The number of nitrogens with one attached hydrogen (secondary N) is 1. The van der Waals surface area contributed by atoms with Gasteiger partial charge in [0.25, 0.3) is 5.91 Å². The molecule has 5 nitrogen and oxygen atoms in total. The molecule has 1 aromatic heterocycles. The van der Waals surface area contributed by atoms with E-state index >= 15 is 0 Å². The van der Waals surface area contributed by atoms with Gasteiger partial charge in [-0.2, -0.15) is 0 Å². The SMILES string of the molecule is Cc1ccc(Cl)c(NC(=O)c2ccc(C(=O)O)c(C)n2)c1. The van der Waals surface area contributed by atoms with Crippen LogP contribution < -0.4 is 5.32 Å². The molecule has 0 bridgehead atoms. The first-order valence-corrected chi connectivity index (χ1v) is 6.54. The van der Waals surface area contributed by atoms with Crippen molar-refractivity contribution in [1.29, 1.82) is 0 Å². The summed E-state index contributed by atoms with van der Waals surface area (Å²) >= 11 is 6.01. The van der Waals surface area contributed by atoms with Gasteiger partial charge in [-0.25, -0.2) is 9.78 Å². The summed E-state index contributed by atoms with van der Waals surface area (Å²) in [5.74, 6) is -1.52. The lowest BCUT2D eigenvalue weighted by Crippen LogP contribution is -2.15. The Morgan fingerprint density at radius 1 is 1.19 bits per heavy atom. The van der Waals surface area contributed by atoms with Gasteiger partial charge in [0.15, 0.2) is 0 Å². The Kier molecular flexibility index (Phi) is 4.23. The highest BCUT2D eigenvalue weighted by Crippen LogP contribution is 2.23. The van der Waals surface area contributed by atoms with E-state index in [2.05, 4.69) is 10.3 Å². The number of carboxylic acids is 1. The lowest BCUT2D eigenvalue weighted by Gasteiger charge is -2.09. The van der Waals surface area contributed by atoms with E-state index < -0.39 is 11.9 Å². The molecule has 0 radical (unpaired) electrons. The number of aryl methyl sites for hydroxylation is 2. The fourth-order valence-corrected chi connectivity index (χ4v) is 2.00. The third-order valence-electron chi connectivity index (χ3n) is 2.92. The molecular weight excluding hydrogens is 292 g/mol. The summed E-state index contributed by atoms with van der Waals surface area (Å²) in [4.78, 5) is 27.1. The summed E-state index contributed by atoms with van der Waals surface area (Å²) in [6, 6.07) is 8.01. The van der Waals surface area contributed by atoms with Gasteiger partial charge in [0.2, 0.25) is 0 Å². The van der Waals surface area contributed by atoms with E-state index in [4.69, 9.17) is 16.7 Å². The zero-order valence-electron chi connectivity index (χ0n) is 11.5. The van der Waals surface area contributed by atoms with Crippen molar-refractivity contribution in [3.63, 3.8) is 0 Å². The van der Waals surface area contributed by atoms with Crippen molar-refractivity contribution in [2.45, 2.75) is 13.8 Å². The number of amides is 1. The number of hydrogen-bond donors (Lipinski definition) is 2. The predicted molar refractivity (Wildman–Crippen MR) is 80.1 cm³/mol. The Labute approximate surface area is 126 Å². The van der Waals surface area contributed by atoms with Crippen LogP contribution in [-0.2, 0) is 0 Å². The standard InChI is InChI=1S/C15H13ClN2O3/c1-8-3-5-11(16)13(7-8)18-14(19)12-6-4-10(15(20)21)9(2)17-12/h3-7H,1-2H3,(H,18,19)(H,20,21). The Morgan fingerprint density at radius 2 is 1.90 bits per heavy atom. The minimum absolute atomic E-state index is 0.0696. The fourth-order valence-electron chi connectivity index (χ4n) is 1.83. The second-order valence-corrected chi connectivity index (χ2v) is 4.98. The van der Waals surface area contributed by atoms with Crippen molar-refractivity contribution < 1.29 is 14.7 Å². The lowest BCUT2D eigenvalue weighted by atomic mass is 10.1. The molecule has 0 unspecified atom stereocenters. The maximum atomic E-state index is 12.1. The first-order chi connectivity index (χ1) is 9.88. The minimum Gasteiger partial charge on any atom is -0.478 e. The van der Waals surface area contributed by atoms with Crippen molar-refractivity contribution in [1.82, 2.24) is 4.98 Å². The largest absolute Gasteiger partial charge is 0.478 e. The Hall–Kier alpha value is -2.40. The molecule has 0 saturated heterocycles. The number of anilines is 1. The highest BCUT2D eigenvalue weighted by Gasteiger charge is 2.14. The predicted octanol–water partition coefficient (Wildman–Crippen LogP) is 3.30. The summed E-state index contributed by atoms with van der Waals surface area (Å²) in [7, 11) is 0. The average molecular weight is 305 g/mol. The second-order valence-electron chi connectivity index (χ2n) is 4.57. The zero-order valence-corrected chi connectivity index (χ0v) is 12.2. The van der Waals surface area contributed by atoms with Crippen LogP contribution in [0.2, 0.25) is 5.02 Å². The smallest absolute Gasteiger partial charge is 0.337 e. The quantitative estimate of drug-likeness (QED) is 0.912. The molecule has 0 aliphatic heterocycles. The van der Waals surface area contributed by atoms with Gasteiger partial charge in [-0.05, 0) is 43.7 Å². The van der Waals surface area contributed by atoms with Crippen LogP contribution in [0, 0.1) is 13.8 Å². The van der Waals surface area contributed by atoms with Gasteiger partial charge in [0.05, 0.1) is 22.0 Å². The molecule has 108 valence electrons. The summed E-state index contributed by atoms with van der Waals surface area (Å²) in [6.45, 7) is 3.43. The van der Waals surface area contributed by atoms with Crippen LogP contribution in [0.1, 0.15) is 32.1 Å². The molecule has 0 saturated carbocycles. The van der Waals surface area contributed by atoms with Crippen LogP contribution >= 0.6 is 11.6 Å². The van der Waals surface area contributed by atoms with Crippen molar-refractivity contribution >= 4 is 29.2 Å². The molecule has 2 aromatic rings. The zero-order chi connectivity index (χ0) is 15.6. The summed E-state index contributed by atoms with van der Waals surface area (Å²) in [6.07, 6.45) is 0. The van der Waals surface area contributed by atoms with Gasteiger partial charge >= 0.3 is 5.97 Å². The lowest BCUT2D eigenvalue weighted by molar-refractivity contribution is 0.0695. The third-order valence-corrected chi connectivity index (χ3v) is 3.25. The van der Waals surface area contributed by atoms with Crippen molar-refractivity contribution in [3.8, 4) is 0 Å². The van der Waals surface area contributed by atoms with E-state index in [1.807, 2.05) is 13.0 Å². The van der Waals surface area contributed by atoms with Gasteiger partial charge < -0.3 is 10.4 Å². The Balaban J connectivity index is 2.26. The first kappa shape index (κ1) is 15.0. The molecular formula is C15H13ClN2O3. The second kappa shape index (κ2) is 5.93. The highest BCUT2D eigenvalue weighted by molar-refractivity contribution is 6.33. The maximum absolute atomic E-state index is 12.1. The topological polar surface area (TPSA) is 79.3 Å². The van der Waals surface area contributed by atoms with Crippen molar-refractivity contribution in [3.05, 3.63) is 57.9 Å². The minimum atomic E-state index is -1.08. The number of aromatic nitrogens is 1. The van der Waals surface area contributed by atoms with Gasteiger partial charge in [-0.15, -0.1) is 0 Å². The van der Waals surface area contributed by atoms with Gasteiger partial charge in [0, 0.05) is 0 Å². The molecule has 0 fully saturated rings. The van der Waals surface area contributed by atoms with E-state index in [9.17, 15) is 9.59 Å². The number of halogens is 1. The molecule has 0 atom stereocenters. The van der Waals surface area contributed by atoms with E-state index in [1.54, 1.807) is 19.1 Å². The molecule has 1 heterocycles. The molecule has 21 heavy (non-hydrogen) atoms. The average Bonchev–Trinajstić information content (AvgIpc) is 2.42. The van der Waals surface area contributed by atoms with Crippen molar-refractivity contribution in [2.75, 3.05) is 5.32 Å². The van der Waals surface area contributed by atoms with Crippen LogP contribution in [0.5, 0.6) is 0 Å². The number of hydrogen-bond acceptors (Lipinski definition) is 3. The number of carbonyl (C=O) groups excluding carboxylic acids is 1. The van der Waals surface area contributed by atoms with Crippen LogP contribution in [0.15, 0.2) is 30.3 Å². The van der Waals surface area contributed by atoms with Crippen molar-refractivity contribution in [2.24, 2.45) is 0 Å². The monoisotopic (exact) mass is 304 g/mol. The maximum Gasteiger partial charge on any atom is 0.337 e. The number of benzene rings is 1.